The monoisotopic (exact) mass is 392 g/mol. The number of alkyl halides is 3. The fourth-order valence-electron chi connectivity index (χ4n) is 3.68. The molecule has 1 aliphatic rings. The summed E-state index contributed by atoms with van der Waals surface area (Å²) in [6.07, 6.45) is -4.58. The number of rotatable bonds is 1. The average Bonchev–Trinajstić information content (AvgIpc) is 3.18. The van der Waals surface area contributed by atoms with E-state index in [1.54, 1.807) is 6.92 Å². The summed E-state index contributed by atoms with van der Waals surface area (Å²) in [5, 5.41) is 7.83. The van der Waals surface area contributed by atoms with Gasteiger partial charge < -0.3 is 13.9 Å². The van der Waals surface area contributed by atoms with Crippen LogP contribution in [0.2, 0.25) is 0 Å². The molecule has 1 amide bonds. The summed E-state index contributed by atoms with van der Waals surface area (Å²) in [4.78, 5) is 14.6. The smallest absolute Gasteiger partial charge is 0.451 e. The second-order valence-corrected chi connectivity index (χ2v) is 7.19. The van der Waals surface area contributed by atoms with Gasteiger partial charge in [0.05, 0.1) is 6.04 Å². The minimum absolute atomic E-state index is 0.0231. The third kappa shape index (κ3) is 2.68. The van der Waals surface area contributed by atoms with E-state index in [0.29, 0.717) is 5.58 Å². The quantitative estimate of drug-likeness (QED) is 0.623. The van der Waals surface area contributed by atoms with Crippen molar-refractivity contribution in [2.45, 2.75) is 46.5 Å². The molecule has 1 aliphatic heterocycles. The molecule has 0 radical (unpaired) electrons. The van der Waals surface area contributed by atoms with E-state index in [0.717, 1.165) is 26.6 Å². The van der Waals surface area contributed by atoms with Gasteiger partial charge in [-0.05, 0) is 51.0 Å². The molecule has 2 aromatic heterocycles. The van der Waals surface area contributed by atoms with E-state index in [1.165, 1.54) is 4.90 Å². The van der Waals surface area contributed by atoms with Crippen LogP contribution in [-0.4, -0.2) is 32.1 Å². The minimum Gasteiger partial charge on any atom is -0.451 e. The summed E-state index contributed by atoms with van der Waals surface area (Å²) in [6.45, 7) is 7.50. The van der Waals surface area contributed by atoms with Crippen LogP contribution in [0.25, 0.3) is 11.0 Å². The highest BCUT2D eigenvalue weighted by molar-refractivity contribution is 5.99. The summed E-state index contributed by atoms with van der Waals surface area (Å²) in [7, 11) is 0. The van der Waals surface area contributed by atoms with Crippen molar-refractivity contribution < 1.29 is 22.4 Å². The second kappa shape index (κ2) is 6.08. The fraction of sp³-hybridized carbons (Fsp3) is 0.421. The zero-order valence-corrected chi connectivity index (χ0v) is 15.9. The van der Waals surface area contributed by atoms with Crippen LogP contribution in [0.3, 0.4) is 0 Å². The molecule has 6 nitrogen and oxygen atoms in total. The first-order valence-corrected chi connectivity index (χ1v) is 8.91. The highest BCUT2D eigenvalue weighted by Gasteiger charge is 2.42. The molecule has 3 heterocycles. The Morgan fingerprint density at radius 2 is 1.82 bits per heavy atom. The number of carbonyl (C=O) groups is 1. The van der Waals surface area contributed by atoms with Crippen molar-refractivity contribution in [1.82, 2.24) is 19.7 Å². The number of furan rings is 1. The lowest BCUT2D eigenvalue weighted by molar-refractivity contribution is -0.148. The number of hydrogen-bond acceptors (Lipinski definition) is 4. The Morgan fingerprint density at radius 1 is 1.14 bits per heavy atom. The lowest BCUT2D eigenvalue weighted by Crippen LogP contribution is -2.42. The molecular weight excluding hydrogens is 373 g/mol. The third-order valence-electron chi connectivity index (χ3n) is 5.45. The van der Waals surface area contributed by atoms with Crippen molar-refractivity contribution >= 4 is 16.9 Å². The van der Waals surface area contributed by atoms with Crippen molar-refractivity contribution in [1.29, 1.82) is 0 Å². The Morgan fingerprint density at radius 3 is 2.50 bits per heavy atom. The molecular formula is C19H19F3N4O2. The predicted octanol–water partition coefficient (Wildman–Crippen LogP) is 4.19. The van der Waals surface area contributed by atoms with Crippen molar-refractivity contribution in [2.24, 2.45) is 0 Å². The first-order chi connectivity index (χ1) is 13.1. The maximum Gasteiger partial charge on any atom is 0.451 e. The molecule has 0 bridgehead atoms. The lowest BCUT2D eigenvalue weighted by atomic mass is 10.0. The summed E-state index contributed by atoms with van der Waals surface area (Å²) < 4.78 is 46.1. The van der Waals surface area contributed by atoms with Gasteiger partial charge in [0.2, 0.25) is 5.82 Å². The topological polar surface area (TPSA) is 64.2 Å². The SMILES string of the molecule is Cc1cc2oc(C(=O)N3CCn4c(nnc4C(F)(F)F)C3C)c(C)c2cc1C. The van der Waals surface area contributed by atoms with E-state index < -0.39 is 18.0 Å². The van der Waals surface area contributed by atoms with E-state index in [2.05, 4.69) is 10.2 Å². The van der Waals surface area contributed by atoms with Crippen LogP contribution in [0.5, 0.6) is 0 Å². The molecule has 1 atom stereocenters. The van der Waals surface area contributed by atoms with Crippen molar-refractivity contribution in [3.05, 3.63) is 46.2 Å². The molecule has 0 spiro atoms. The summed E-state index contributed by atoms with van der Waals surface area (Å²) in [5.41, 5.74) is 3.49. The van der Waals surface area contributed by atoms with Gasteiger partial charge in [-0.3, -0.25) is 4.79 Å². The van der Waals surface area contributed by atoms with Crippen LogP contribution >= 0.6 is 0 Å². The molecule has 1 aromatic carbocycles. The standard InChI is InChI=1S/C19H19F3N4O2/c1-9-7-13-11(3)15(28-14(13)8-10(9)2)17(27)25-5-6-26-16(12(25)4)23-24-18(26)19(20,21)22/h7-8,12H,5-6H2,1-4H3. The number of fused-ring (bicyclic) bond motifs is 2. The zero-order valence-electron chi connectivity index (χ0n) is 15.9. The van der Waals surface area contributed by atoms with Gasteiger partial charge in [0.15, 0.2) is 11.6 Å². The normalized spacial score (nSPS) is 17.2. The number of nitrogens with zero attached hydrogens (tertiary/aromatic N) is 4. The Hall–Kier alpha value is -2.84. The maximum atomic E-state index is 13.1. The van der Waals surface area contributed by atoms with Crippen molar-refractivity contribution in [2.75, 3.05) is 6.54 Å². The minimum atomic E-state index is -4.58. The van der Waals surface area contributed by atoms with E-state index in [9.17, 15) is 18.0 Å². The van der Waals surface area contributed by atoms with Gasteiger partial charge in [0, 0.05) is 24.0 Å². The van der Waals surface area contributed by atoms with E-state index in [1.807, 2.05) is 32.9 Å². The zero-order chi connectivity index (χ0) is 20.4. The molecule has 3 aromatic rings. The van der Waals surface area contributed by atoms with Gasteiger partial charge in [-0.2, -0.15) is 13.2 Å². The predicted molar refractivity (Wildman–Crippen MR) is 94.9 cm³/mol. The van der Waals surface area contributed by atoms with Gasteiger partial charge in [0.25, 0.3) is 5.91 Å². The average molecular weight is 392 g/mol. The Bertz CT molecular complexity index is 1100. The summed E-state index contributed by atoms with van der Waals surface area (Å²) >= 11 is 0. The van der Waals surface area contributed by atoms with Crippen LogP contribution in [0, 0.1) is 20.8 Å². The molecule has 0 N–H and O–H groups in total. The highest BCUT2D eigenvalue weighted by Crippen LogP contribution is 2.35. The number of benzene rings is 1. The molecule has 1 unspecified atom stereocenters. The van der Waals surface area contributed by atoms with Gasteiger partial charge in [-0.25, -0.2) is 0 Å². The van der Waals surface area contributed by atoms with E-state index >= 15 is 0 Å². The number of aromatic nitrogens is 3. The second-order valence-electron chi connectivity index (χ2n) is 7.19. The molecule has 0 fully saturated rings. The number of halogens is 3. The molecule has 4 rings (SSSR count). The van der Waals surface area contributed by atoms with Crippen LogP contribution in [0.1, 0.15) is 51.9 Å². The van der Waals surface area contributed by atoms with Gasteiger partial charge in [0.1, 0.15) is 5.58 Å². The molecule has 9 heteroatoms. The van der Waals surface area contributed by atoms with Crippen LogP contribution in [-0.2, 0) is 12.7 Å². The van der Waals surface area contributed by atoms with Crippen molar-refractivity contribution in [3.63, 3.8) is 0 Å². The molecule has 0 aliphatic carbocycles. The van der Waals surface area contributed by atoms with Crippen molar-refractivity contribution in [3.8, 4) is 0 Å². The van der Waals surface area contributed by atoms with Crippen LogP contribution < -0.4 is 0 Å². The highest BCUT2D eigenvalue weighted by atomic mass is 19.4. The van der Waals surface area contributed by atoms with Gasteiger partial charge >= 0.3 is 6.18 Å². The van der Waals surface area contributed by atoms with Gasteiger partial charge in [-0.15, -0.1) is 10.2 Å². The fourth-order valence-corrected chi connectivity index (χ4v) is 3.68. The van der Waals surface area contributed by atoms with Crippen LogP contribution in [0.4, 0.5) is 13.2 Å². The summed E-state index contributed by atoms with van der Waals surface area (Å²) in [5.74, 6) is -1.07. The molecule has 28 heavy (non-hydrogen) atoms. The van der Waals surface area contributed by atoms with E-state index in [-0.39, 0.29) is 30.6 Å². The Balaban J connectivity index is 1.71. The van der Waals surface area contributed by atoms with Crippen LogP contribution in [0.15, 0.2) is 16.5 Å². The Kier molecular flexibility index (Phi) is 4.02. The number of aryl methyl sites for hydroxylation is 3. The largest absolute Gasteiger partial charge is 0.451 e. The Labute approximate surface area is 158 Å². The molecule has 148 valence electrons. The third-order valence-corrected chi connectivity index (χ3v) is 5.45. The number of carbonyl (C=O) groups excluding carboxylic acids is 1. The van der Waals surface area contributed by atoms with E-state index in [4.69, 9.17) is 4.42 Å². The number of hydrogen-bond donors (Lipinski definition) is 0. The lowest BCUT2D eigenvalue weighted by Gasteiger charge is -2.33. The summed E-state index contributed by atoms with van der Waals surface area (Å²) in [6, 6.07) is 3.22. The molecule has 0 saturated heterocycles. The maximum absolute atomic E-state index is 13.1. The molecule has 0 saturated carbocycles. The first-order valence-electron chi connectivity index (χ1n) is 8.91. The number of amides is 1. The van der Waals surface area contributed by atoms with Gasteiger partial charge in [-0.1, -0.05) is 0 Å². The first kappa shape index (κ1) is 18.5.